The van der Waals surface area contributed by atoms with Gasteiger partial charge >= 0.3 is 0 Å². The van der Waals surface area contributed by atoms with Crippen molar-refractivity contribution in [3.05, 3.63) is 352 Å². The third kappa shape index (κ3) is 11.9. The zero-order valence-corrected chi connectivity index (χ0v) is 45.9. The maximum Gasteiger partial charge on any atom is 0.119 e. The van der Waals surface area contributed by atoms with Crippen molar-refractivity contribution in [2.24, 2.45) is 0 Å². The molecule has 11 aromatic rings. The van der Waals surface area contributed by atoms with E-state index < -0.39 is 0 Å². The van der Waals surface area contributed by atoms with Crippen LogP contribution in [0, 0.1) is 6.92 Å². The third-order valence-electron chi connectivity index (χ3n) is 15.6. The molecule has 0 amide bonds. The fourth-order valence-corrected chi connectivity index (χ4v) is 11.3. The van der Waals surface area contributed by atoms with E-state index in [1.54, 1.807) is 7.11 Å². The highest BCUT2D eigenvalue weighted by Gasteiger charge is 2.23. The number of fused-ring (bicyclic) bond motifs is 3. The molecular weight excluding hydrogens is 981 g/mol. The first kappa shape index (κ1) is 51.8. The molecule has 0 radical (unpaired) electrons. The van der Waals surface area contributed by atoms with Crippen molar-refractivity contribution < 1.29 is 4.74 Å². The van der Waals surface area contributed by atoms with Crippen molar-refractivity contribution in [2.45, 2.75) is 25.7 Å². The van der Waals surface area contributed by atoms with Gasteiger partial charge < -0.3 is 14.5 Å². The van der Waals surface area contributed by atoms with Gasteiger partial charge in [0.1, 0.15) is 5.75 Å². The number of hydrogen-bond acceptors (Lipinski definition) is 3. The predicted octanol–water partition coefficient (Wildman–Crippen LogP) is 20.1. The lowest BCUT2D eigenvalue weighted by Crippen LogP contribution is -2.25. The summed E-state index contributed by atoms with van der Waals surface area (Å²) < 4.78 is 5.60. The zero-order chi connectivity index (χ0) is 54.7. The second kappa shape index (κ2) is 24.4. The van der Waals surface area contributed by atoms with Gasteiger partial charge in [0, 0.05) is 46.3 Å². The number of anilines is 5. The van der Waals surface area contributed by atoms with E-state index >= 15 is 0 Å². The van der Waals surface area contributed by atoms with E-state index in [4.69, 9.17) is 4.74 Å². The summed E-state index contributed by atoms with van der Waals surface area (Å²) in [5.41, 5.74) is 21.8. The molecule has 0 heterocycles. The second-order valence-electron chi connectivity index (χ2n) is 20.9. The van der Waals surface area contributed by atoms with Crippen LogP contribution >= 0.6 is 0 Å². The quantitative estimate of drug-likeness (QED) is 0.0845. The van der Waals surface area contributed by atoms with Crippen LogP contribution in [-0.4, -0.2) is 13.7 Å². The molecule has 3 heteroatoms. The van der Waals surface area contributed by atoms with Crippen LogP contribution in [0.15, 0.2) is 285 Å². The predicted molar refractivity (Wildman–Crippen MR) is 344 cm³/mol. The number of nitrogens with zero attached hydrogens (tertiary/aromatic N) is 2. The molecule has 1 aliphatic rings. The van der Waals surface area contributed by atoms with E-state index in [1.807, 2.05) is 0 Å². The van der Waals surface area contributed by atoms with E-state index in [9.17, 15) is 0 Å². The van der Waals surface area contributed by atoms with Gasteiger partial charge in [-0.2, -0.15) is 0 Å². The van der Waals surface area contributed by atoms with E-state index in [0.717, 1.165) is 53.4 Å². The number of allylic oxidation sites excluding steroid dienone is 3. The van der Waals surface area contributed by atoms with Crippen LogP contribution < -0.4 is 14.5 Å². The molecule has 11 aromatic carbocycles. The summed E-state index contributed by atoms with van der Waals surface area (Å²) in [4.78, 5) is 4.83. The molecule has 0 spiro atoms. The minimum Gasteiger partial charge on any atom is -0.497 e. The Morgan fingerprint density at radius 1 is 0.457 bits per heavy atom. The van der Waals surface area contributed by atoms with Gasteiger partial charge in [-0.3, -0.25) is 0 Å². The SMILES string of the molecule is COc1ccc(N(CC(c2ccccc2)c2ccccc2)c2ccc(C/C=C/C=C/c3cccc(Cc4ccc(N(c5ccc(C)cc5)c5ccc(C=C6c7ccccc7C=Cc7ccccc76)cc5)cc4)c3)c3ccccc23)cc1. The largest absolute Gasteiger partial charge is 0.497 e. The Bertz CT molecular complexity index is 3950. The lowest BCUT2D eigenvalue weighted by Gasteiger charge is -2.32. The van der Waals surface area contributed by atoms with Gasteiger partial charge in [-0.15, -0.1) is 0 Å². The average Bonchev–Trinajstić information content (AvgIpc) is 3.76. The van der Waals surface area contributed by atoms with Crippen molar-refractivity contribution in [2.75, 3.05) is 23.5 Å². The Balaban J connectivity index is 0.744. The number of methoxy groups -OCH3 is 1. The monoisotopic (exact) mass is 1040 g/mol. The molecule has 0 aromatic heterocycles. The fraction of sp³-hybridized carbons (Fsp3) is 0.0769. The molecule has 0 saturated carbocycles. The summed E-state index contributed by atoms with van der Waals surface area (Å²) in [7, 11) is 1.72. The van der Waals surface area contributed by atoms with Crippen LogP contribution in [-0.2, 0) is 12.8 Å². The number of ether oxygens (including phenoxy) is 1. The number of aryl methyl sites for hydroxylation is 1. The maximum atomic E-state index is 5.60. The van der Waals surface area contributed by atoms with Crippen molar-refractivity contribution in [3.8, 4) is 5.75 Å². The van der Waals surface area contributed by atoms with Gasteiger partial charge in [0.05, 0.1) is 7.11 Å². The Labute approximate surface area is 478 Å². The average molecular weight is 1050 g/mol. The second-order valence-corrected chi connectivity index (χ2v) is 20.9. The zero-order valence-electron chi connectivity index (χ0n) is 45.9. The fourth-order valence-electron chi connectivity index (χ4n) is 11.3. The first-order valence-corrected chi connectivity index (χ1v) is 28.1. The van der Waals surface area contributed by atoms with E-state index in [0.29, 0.717) is 0 Å². The molecule has 0 unspecified atom stereocenters. The van der Waals surface area contributed by atoms with Gasteiger partial charge in [-0.1, -0.05) is 242 Å². The highest BCUT2D eigenvalue weighted by Crippen LogP contribution is 2.41. The smallest absolute Gasteiger partial charge is 0.119 e. The summed E-state index contributed by atoms with van der Waals surface area (Å²) >= 11 is 0. The summed E-state index contributed by atoms with van der Waals surface area (Å²) in [5.74, 6) is 0.985. The minimum atomic E-state index is 0.144. The van der Waals surface area contributed by atoms with E-state index in [1.165, 1.54) is 83.2 Å². The molecular formula is C78H64N2O. The Hall–Kier alpha value is -9.96. The molecule has 1 aliphatic carbocycles. The molecule has 3 nitrogen and oxygen atoms in total. The summed E-state index contributed by atoms with van der Waals surface area (Å²) in [6, 6.07) is 96.8. The van der Waals surface area contributed by atoms with Crippen LogP contribution in [0.2, 0.25) is 0 Å². The van der Waals surface area contributed by atoms with Gasteiger partial charge in [-0.25, -0.2) is 0 Å². The highest BCUT2D eigenvalue weighted by atomic mass is 16.5. The van der Waals surface area contributed by atoms with Crippen molar-refractivity contribution in [1.82, 2.24) is 0 Å². The Morgan fingerprint density at radius 2 is 1.02 bits per heavy atom. The lowest BCUT2D eigenvalue weighted by atomic mass is 9.90. The molecule has 0 atom stereocenters. The normalized spacial score (nSPS) is 11.9. The summed E-state index contributed by atoms with van der Waals surface area (Å²) in [5, 5.41) is 2.48. The van der Waals surface area contributed by atoms with Crippen molar-refractivity contribution in [1.29, 1.82) is 0 Å². The van der Waals surface area contributed by atoms with Crippen molar-refractivity contribution >= 4 is 69.1 Å². The maximum absolute atomic E-state index is 5.60. The Morgan fingerprint density at radius 3 is 1.67 bits per heavy atom. The van der Waals surface area contributed by atoms with Crippen LogP contribution in [0.5, 0.6) is 5.75 Å². The molecule has 0 fully saturated rings. The number of hydrogen-bond donors (Lipinski definition) is 0. The topological polar surface area (TPSA) is 15.7 Å². The molecule has 0 aliphatic heterocycles. The minimum absolute atomic E-state index is 0.144. The van der Waals surface area contributed by atoms with Crippen LogP contribution in [0.1, 0.15) is 72.7 Å². The van der Waals surface area contributed by atoms with E-state index in [-0.39, 0.29) is 5.92 Å². The van der Waals surface area contributed by atoms with Crippen LogP contribution in [0.3, 0.4) is 0 Å². The molecule has 81 heavy (non-hydrogen) atoms. The number of benzene rings is 11. The van der Waals surface area contributed by atoms with E-state index in [2.05, 4.69) is 326 Å². The molecule has 392 valence electrons. The number of rotatable bonds is 17. The molecule has 0 N–H and O–H groups in total. The van der Waals surface area contributed by atoms with Crippen molar-refractivity contribution in [3.63, 3.8) is 0 Å². The van der Waals surface area contributed by atoms with Crippen LogP contribution in [0.25, 0.3) is 40.6 Å². The summed E-state index contributed by atoms with van der Waals surface area (Å²) in [6.45, 7) is 2.90. The van der Waals surface area contributed by atoms with Gasteiger partial charge in [0.15, 0.2) is 0 Å². The molecule has 0 saturated heterocycles. The summed E-state index contributed by atoms with van der Waals surface area (Å²) in [6.07, 6.45) is 17.3. The highest BCUT2D eigenvalue weighted by molar-refractivity contribution is 6.01. The molecule has 0 bridgehead atoms. The van der Waals surface area contributed by atoms with Gasteiger partial charge in [0.25, 0.3) is 0 Å². The lowest BCUT2D eigenvalue weighted by molar-refractivity contribution is 0.415. The van der Waals surface area contributed by atoms with Gasteiger partial charge in [-0.05, 0) is 165 Å². The third-order valence-corrected chi connectivity index (χ3v) is 15.6. The first-order chi connectivity index (χ1) is 40.0. The Kier molecular flexibility index (Phi) is 15.6. The molecule has 12 rings (SSSR count). The van der Waals surface area contributed by atoms with Crippen LogP contribution in [0.4, 0.5) is 28.4 Å². The van der Waals surface area contributed by atoms with Gasteiger partial charge in [0.2, 0.25) is 0 Å². The standard InChI is InChI=1S/C78H64N2O/c1-57-33-42-68(43-34-57)80(70-46-37-60(38-47-70)55-76-73-30-14-12-27-64(73)39-40-65-28-13-15-31-74(65)76)69-44-35-59(36-45-69)54-61-21-18-20-58(53-61)19-6-3-7-26-66-41-52-78(75-32-17-16-29-72(66)75)79(67-48-50-71(81-2)51-49-67)56-77(62-22-8-4-9-23-62)63-24-10-5-11-25-63/h3-25,27-53,55,77H,26,54,56H2,1-2H3/b7-3+,19-6+. The first-order valence-electron chi connectivity index (χ1n) is 28.1.